The summed E-state index contributed by atoms with van der Waals surface area (Å²) in [6, 6.07) is 0. The molecule has 0 aliphatic heterocycles. The molecular weight excluding hydrogens is 301 g/mol. The van der Waals surface area contributed by atoms with Crippen LogP contribution in [0.3, 0.4) is 0 Å². The van der Waals surface area contributed by atoms with E-state index in [1.807, 2.05) is 0 Å². The van der Waals surface area contributed by atoms with E-state index in [1.165, 1.54) is 0 Å². The van der Waals surface area contributed by atoms with Gasteiger partial charge in [0.1, 0.15) is 0 Å². The summed E-state index contributed by atoms with van der Waals surface area (Å²) >= 11 is 0. The van der Waals surface area contributed by atoms with Crippen LogP contribution < -0.4 is 162 Å². The molecule has 0 atom stereocenters. The van der Waals surface area contributed by atoms with Crippen LogP contribution in [0.4, 0.5) is 0 Å². The molecule has 0 aromatic carbocycles. The van der Waals surface area contributed by atoms with Gasteiger partial charge >= 0.3 is 162 Å². The van der Waals surface area contributed by atoms with Gasteiger partial charge in [-0.25, -0.2) is 0 Å². The van der Waals surface area contributed by atoms with Gasteiger partial charge in [0.25, 0.3) is 0 Å². The van der Waals surface area contributed by atoms with Crippen LogP contribution in [0.25, 0.3) is 0 Å². The fourth-order valence-corrected chi connectivity index (χ4v) is 0. The average molecular weight is 311 g/mol. The summed E-state index contributed by atoms with van der Waals surface area (Å²) in [4.78, 5) is 0. The first-order valence-electron chi connectivity index (χ1n) is 0. The summed E-state index contributed by atoms with van der Waals surface area (Å²) in [5, 5.41) is 0. The van der Waals surface area contributed by atoms with Gasteiger partial charge in [-0.15, -0.1) is 62.0 Å². The largest absolute Gasteiger partial charge is 1.00 e. The van der Waals surface area contributed by atoms with E-state index in [1.54, 1.807) is 0 Å². The molecule has 0 nitrogen and oxygen atoms in total. The van der Waals surface area contributed by atoms with Crippen molar-refractivity contribution in [2.75, 3.05) is 0 Å². The number of halogens is 5. The zero-order valence-electron chi connectivity index (χ0n) is 10.0. The summed E-state index contributed by atoms with van der Waals surface area (Å²) in [6.45, 7) is 0. The molecule has 9 heteroatoms. The Hall–Kier alpha value is 6.72. The van der Waals surface area contributed by atoms with Crippen molar-refractivity contribution in [2.45, 2.75) is 0 Å². The minimum absolute atomic E-state index is 0. The second-order valence-electron chi connectivity index (χ2n) is 0. The molecule has 0 spiro atoms. The van der Waals surface area contributed by atoms with Gasteiger partial charge in [0.15, 0.2) is 0 Å². The molecule has 9 heavy (non-hydrogen) atoms. The van der Waals surface area contributed by atoms with Crippen molar-refractivity contribution in [3.05, 3.63) is 0 Å². The fraction of sp³-hybridized carbons (Fsp3) is 0. The van der Waals surface area contributed by atoms with Gasteiger partial charge in [0.2, 0.25) is 0 Å². The van der Waals surface area contributed by atoms with Crippen molar-refractivity contribution in [3.63, 3.8) is 0 Å². The molecule has 0 heterocycles. The maximum absolute atomic E-state index is 0. The monoisotopic (exact) mass is 308 g/mol. The Bertz CT molecular complexity index is 24.5. The smallest absolute Gasteiger partial charge is 1.00 e. The summed E-state index contributed by atoms with van der Waals surface area (Å²) in [5.41, 5.74) is 0. The van der Waals surface area contributed by atoms with E-state index in [0.717, 1.165) is 0 Å². The third-order valence-electron chi connectivity index (χ3n) is 0. The first kappa shape index (κ1) is 75.4. The predicted molar refractivity (Wildman–Crippen MR) is 40.7 cm³/mol. The van der Waals surface area contributed by atoms with Gasteiger partial charge in [-0.05, 0) is 0 Å². The molecule has 0 saturated heterocycles. The average Bonchev–Trinajstić information content (AvgIpc) is 0. The molecule has 0 aliphatic rings. The number of hydrogen-bond donors (Lipinski definition) is 0. The third-order valence-corrected chi connectivity index (χ3v) is 0. The Kier molecular flexibility index (Phi) is 514. The molecule has 48 valence electrons. The SMILES string of the molecule is Cl.Cl.Cl.Cl.Cl.[H-].[H-].[H-].[H-].[K+].[K+].[Na+].[Na+]. The van der Waals surface area contributed by atoms with E-state index in [4.69, 9.17) is 0 Å². The van der Waals surface area contributed by atoms with Crippen LogP contribution >= 0.6 is 62.0 Å². The minimum Gasteiger partial charge on any atom is -1.00 e. The zero-order chi connectivity index (χ0) is 0. The fourth-order valence-electron chi connectivity index (χ4n) is 0. The molecule has 0 saturated carbocycles. The van der Waals surface area contributed by atoms with Crippen LogP contribution in [0.2, 0.25) is 0 Å². The molecule has 0 aromatic heterocycles. The maximum Gasteiger partial charge on any atom is 1.00 e. The van der Waals surface area contributed by atoms with Crippen molar-refractivity contribution in [2.24, 2.45) is 0 Å². The van der Waals surface area contributed by atoms with E-state index in [0.29, 0.717) is 0 Å². The molecule has 0 N–H and O–H groups in total. The van der Waals surface area contributed by atoms with E-state index in [2.05, 4.69) is 0 Å². The molecule has 0 amide bonds. The summed E-state index contributed by atoms with van der Waals surface area (Å²) < 4.78 is 0. The maximum atomic E-state index is 0. The molecule has 0 radical (unpaired) electrons. The molecule has 0 aliphatic carbocycles. The molecule has 0 unspecified atom stereocenters. The van der Waals surface area contributed by atoms with Gasteiger partial charge in [-0.2, -0.15) is 0 Å². The van der Waals surface area contributed by atoms with Gasteiger partial charge in [0, 0.05) is 0 Å². The Balaban J connectivity index is 0. The van der Waals surface area contributed by atoms with Crippen molar-refractivity contribution < 1.29 is 168 Å². The van der Waals surface area contributed by atoms with Crippen LogP contribution in [-0.2, 0) is 0 Å². The quantitative estimate of drug-likeness (QED) is 0.390. The first-order valence-corrected chi connectivity index (χ1v) is 0. The number of rotatable bonds is 0. The van der Waals surface area contributed by atoms with Crippen molar-refractivity contribution >= 4 is 62.0 Å². The van der Waals surface area contributed by atoms with Crippen molar-refractivity contribution in [1.29, 1.82) is 0 Å². The van der Waals surface area contributed by atoms with Crippen molar-refractivity contribution in [1.82, 2.24) is 0 Å². The van der Waals surface area contributed by atoms with Crippen LogP contribution in [-0.4, -0.2) is 0 Å². The standard InChI is InChI=1S/5ClH.2K.2Na.4H/h5*1H;;;;;;;;/q;;;;;4*+1;4*-1. The van der Waals surface area contributed by atoms with Gasteiger partial charge in [0.05, 0.1) is 0 Å². The predicted octanol–water partition coefficient (Wildman–Crippen LogP) is -9.42. The molecule has 0 aromatic rings. The molecule has 0 bridgehead atoms. The van der Waals surface area contributed by atoms with Crippen LogP contribution in [0.15, 0.2) is 0 Å². The Labute approximate surface area is 223 Å². The van der Waals surface area contributed by atoms with Crippen molar-refractivity contribution in [3.8, 4) is 0 Å². The van der Waals surface area contributed by atoms with Crippen LogP contribution in [0.1, 0.15) is 5.71 Å². The zero-order valence-corrected chi connectivity index (χ0v) is 20.4. The normalized spacial score (nSPS) is 0. The van der Waals surface area contributed by atoms with E-state index in [-0.39, 0.29) is 230 Å². The summed E-state index contributed by atoms with van der Waals surface area (Å²) in [7, 11) is 0. The van der Waals surface area contributed by atoms with E-state index in [9.17, 15) is 0 Å². The Morgan fingerprint density at radius 3 is 0.444 bits per heavy atom. The second kappa shape index (κ2) is 61.3. The van der Waals surface area contributed by atoms with Gasteiger partial charge in [-0.3, -0.25) is 0 Å². The summed E-state index contributed by atoms with van der Waals surface area (Å²) in [5.74, 6) is 0. The van der Waals surface area contributed by atoms with Crippen LogP contribution in [0, 0.1) is 0 Å². The third kappa shape index (κ3) is 52.7. The number of hydrogen-bond acceptors (Lipinski definition) is 0. The van der Waals surface area contributed by atoms with Crippen LogP contribution in [0.5, 0.6) is 0 Å². The molecular formula is H9Cl5K2Na2. The van der Waals surface area contributed by atoms with Gasteiger partial charge in [-0.1, -0.05) is 0 Å². The topological polar surface area (TPSA) is 0 Å². The summed E-state index contributed by atoms with van der Waals surface area (Å²) in [6.07, 6.45) is 0. The first-order chi connectivity index (χ1) is 0. The van der Waals surface area contributed by atoms with E-state index < -0.39 is 0 Å². The molecule has 0 fully saturated rings. The van der Waals surface area contributed by atoms with Gasteiger partial charge < -0.3 is 5.71 Å². The second-order valence-corrected chi connectivity index (χ2v) is 0. The Morgan fingerprint density at radius 2 is 0.444 bits per heavy atom. The van der Waals surface area contributed by atoms with E-state index >= 15 is 0 Å². The Morgan fingerprint density at radius 1 is 0.444 bits per heavy atom. The minimum atomic E-state index is 0. The molecule has 0 rings (SSSR count).